The molecule has 5 rings (SSSR count). The van der Waals surface area contributed by atoms with Crippen LogP contribution in [0.4, 0.5) is 11.5 Å². The van der Waals surface area contributed by atoms with Crippen LogP contribution in [-0.4, -0.2) is 53.6 Å². The van der Waals surface area contributed by atoms with E-state index in [1.54, 1.807) is 6.20 Å². The van der Waals surface area contributed by atoms with E-state index in [4.69, 9.17) is 0 Å². The zero-order valence-electron chi connectivity index (χ0n) is 18.6. The van der Waals surface area contributed by atoms with Gasteiger partial charge in [0.2, 0.25) is 5.91 Å². The van der Waals surface area contributed by atoms with Crippen LogP contribution in [0.25, 0.3) is 0 Å². The minimum atomic E-state index is 0.0114. The van der Waals surface area contributed by atoms with Crippen molar-refractivity contribution in [1.29, 1.82) is 0 Å². The summed E-state index contributed by atoms with van der Waals surface area (Å²) in [5.74, 6) is 1.45. The van der Waals surface area contributed by atoms with Crippen molar-refractivity contribution in [2.24, 2.45) is 0 Å². The number of aryl methyl sites for hydroxylation is 1. The molecule has 7 heteroatoms. The summed E-state index contributed by atoms with van der Waals surface area (Å²) < 4.78 is 0. The van der Waals surface area contributed by atoms with Crippen molar-refractivity contribution in [2.75, 3.05) is 41.7 Å². The molecule has 1 aromatic heterocycles. The normalized spacial score (nSPS) is 16.0. The Labute approximate surface area is 198 Å². The van der Waals surface area contributed by atoms with Crippen molar-refractivity contribution >= 4 is 35.1 Å². The summed E-state index contributed by atoms with van der Waals surface area (Å²) in [6.07, 6.45) is 1.79. The van der Waals surface area contributed by atoms with Crippen molar-refractivity contribution in [2.45, 2.75) is 18.4 Å². The average Bonchev–Trinajstić information content (AvgIpc) is 2.87. The van der Waals surface area contributed by atoms with Gasteiger partial charge in [-0.05, 0) is 48.4 Å². The predicted octanol–water partition coefficient (Wildman–Crippen LogP) is 3.99. The number of benzene rings is 2. The maximum Gasteiger partial charge on any atom is 0.254 e. The summed E-state index contributed by atoms with van der Waals surface area (Å²) >= 11 is 1.54. The van der Waals surface area contributed by atoms with Crippen LogP contribution in [0.2, 0.25) is 0 Å². The number of fused-ring (bicyclic) bond motifs is 1. The molecule has 0 aliphatic carbocycles. The van der Waals surface area contributed by atoms with Crippen LogP contribution in [-0.2, 0) is 11.3 Å². The van der Waals surface area contributed by atoms with Crippen LogP contribution in [0, 0.1) is 6.92 Å². The van der Waals surface area contributed by atoms with Gasteiger partial charge < -0.3 is 14.7 Å². The molecule has 2 aromatic carbocycles. The molecule has 2 amide bonds. The molecule has 1 saturated heterocycles. The first-order valence-electron chi connectivity index (χ1n) is 11.2. The number of aromatic nitrogens is 1. The Bertz CT molecular complexity index is 1180. The van der Waals surface area contributed by atoms with Gasteiger partial charge in [-0.25, -0.2) is 4.98 Å². The Hall–Kier alpha value is -3.32. The summed E-state index contributed by atoms with van der Waals surface area (Å²) in [6.45, 7) is 5.37. The van der Waals surface area contributed by atoms with E-state index in [-0.39, 0.29) is 11.8 Å². The van der Waals surface area contributed by atoms with Gasteiger partial charge in [0.25, 0.3) is 5.91 Å². The summed E-state index contributed by atoms with van der Waals surface area (Å²) in [5.41, 5.74) is 3.73. The number of nitrogens with zero attached hydrogens (tertiary/aromatic N) is 4. The topological polar surface area (TPSA) is 56.8 Å². The molecule has 0 atom stereocenters. The van der Waals surface area contributed by atoms with Crippen molar-refractivity contribution in [1.82, 2.24) is 9.88 Å². The zero-order valence-corrected chi connectivity index (χ0v) is 19.4. The molecule has 168 valence electrons. The Morgan fingerprint density at radius 1 is 1.00 bits per heavy atom. The van der Waals surface area contributed by atoms with E-state index < -0.39 is 0 Å². The second-order valence-corrected chi connectivity index (χ2v) is 9.36. The SMILES string of the molecule is Cc1ccccc1CN1C(=O)CSc2ccc(C(=O)N3CCN(c4ccccn4)CC3)cc21. The van der Waals surface area contributed by atoms with E-state index in [2.05, 4.69) is 28.9 Å². The first kappa shape index (κ1) is 21.5. The number of carbonyl (C=O) groups excluding carboxylic acids is 2. The molecule has 0 radical (unpaired) electrons. The second kappa shape index (κ2) is 9.27. The highest BCUT2D eigenvalue weighted by atomic mass is 32.2. The lowest BCUT2D eigenvalue weighted by Gasteiger charge is -2.36. The van der Waals surface area contributed by atoms with Crippen LogP contribution in [0.15, 0.2) is 71.8 Å². The minimum absolute atomic E-state index is 0.0114. The highest BCUT2D eigenvalue weighted by Gasteiger charge is 2.28. The molecule has 0 saturated carbocycles. The van der Waals surface area contributed by atoms with Crippen molar-refractivity contribution in [3.63, 3.8) is 0 Å². The number of anilines is 2. The highest BCUT2D eigenvalue weighted by molar-refractivity contribution is 8.00. The quantitative estimate of drug-likeness (QED) is 0.592. The van der Waals surface area contributed by atoms with E-state index in [1.807, 2.05) is 58.3 Å². The average molecular weight is 459 g/mol. The monoisotopic (exact) mass is 458 g/mol. The zero-order chi connectivity index (χ0) is 22.8. The lowest BCUT2D eigenvalue weighted by molar-refractivity contribution is -0.116. The van der Waals surface area contributed by atoms with E-state index in [0.717, 1.165) is 40.6 Å². The van der Waals surface area contributed by atoms with Gasteiger partial charge in [0.05, 0.1) is 18.0 Å². The lowest BCUT2D eigenvalue weighted by Crippen LogP contribution is -2.49. The van der Waals surface area contributed by atoms with Crippen molar-refractivity contribution < 1.29 is 9.59 Å². The third-order valence-corrected chi connectivity index (χ3v) is 7.33. The van der Waals surface area contributed by atoms with Crippen molar-refractivity contribution in [3.05, 3.63) is 83.6 Å². The molecule has 0 spiro atoms. The Morgan fingerprint density at radius 2 is 1.79 bits per heavy atom. The fraction of sp³-hybridized carbons (Fsp3) is 0.269. The van der Waals surface area contributed by atoms with E-state index >= 15 is 0 Å². The van der Waals surface area contributed by atoms with Gasteiger partial charge in [-0.3, -0.25) is 9.59 Å². The Balaban J connectivity index is 1.34. The van der Waals surface area contributed by atoms with E-state index in [9.17, 15) is 9.59 Å². The first-order chi connectivity index (χ1) is 16.1. The Morgan fingerprint density at radius 3 is 2.55 bits per heavy atom. The van der Waals surface area contributed by atoms with Crippen LogP contribution >= 0.6 is 11.8 Å². The predicted molar refractivity (Wildman–Crippen MR) is 132 cm³/mol. The number of thioether (sulfide) groups is 1. The summed E-state index contributed by atoms with van der Waals surface area (Å²) in [6, 6.07) is 19.8. The minimum Gasteiger partial charge on any atom is -0.353 e. The summed E-state index contributed by atoms with van der Waals surface area (Å²) in [5, 5.41) is 0. The molecule has 6 nitrogen and oxygen atoms in total. The number of hydrogen-bond donors (Lipinski definition) is 0. The Kier molecular flexibility index (Phi) is 6.05. The lowest BCUT2D eigenvalue weighted by atomic mass is 10.1. The van der Waals surface area contributed by atoms with E-state index in [0.29, 0.717) is 31.0 Å². The third kappa shape index (κ3) is 4.46. The number of piperazine rings is 1. The molecular weight excluding hydrogens is 432 g/mol. The number of hydrogen-bond acceptors (Lipinski definition) is 5. The second-order valence-electron chi connectivity index (χ2n) is 8.34. The van der Waals surface area contributed by atoms with Crippen LogP contribution < -0.4 is 9.80 Å². The number of amides is 2. The number of pyridine rings is 1. The van der Waals surface area contributed by atoms with Crippen molar-refractivity contribution in [3.8, 4) is 0 Å². The molecule has 33 heavy (non-hydrogen) atoms. The summed E-state index contributed by atoms with van der Waals surface area (Å²) in [7, 11) is 0. The van der Waals surface area contributed by atoms with Gasteiger partial charge in [-0.15, -0.1) is 11.8 Å². The molecule has 3 heterocycles. The largest absolute Gasteiger partial charge is 0.353 e. The fourth-order valence-electron chi connectivity index (χ4n) is 4.33. The number of rotatable bonds is 4. The van der Waals surface area contributed by atoms with Gasteiger partial charge in [-0.1, -0.05) is 30.3 Å². The van der Waals surface area contributed by atoms with Gasteiger partial charge >= 0.3 is 0 Å². The standard InChI is InChI=1S/C26H26N4O2S/c1-19-6-2-3-7-21(19)17-30-22-16-20(9-10-23(22)33-18-25(30)31)26(32)29-14-12-28(13-15-29)24-8-4-5-11-27-24/h2-11,16H,12-15,17-18H2,1H3. The van der Waals surface area contributed by atoms with Gasteiger partial charge in [0.1, 0.15) is 5.82 Å². The smallest absolute Gasteiger partial charge is 0.254 e. The molecule has 2 aliphatic heterocycles. The molecule has 2 aliphatic rings. The van der Waals surface area contributed by atoms with E-state index in [1.165, 1.54) is 11.8 Å². The van der Waals surface area contributed by atoms with Gasteiger partial charge in [-0.2, -0.15) is 0 Å². The third-order valence-electron chi connectivity index (χ3n) is 6.28. The van der Waals surface area contributed by atoms with Crippen LogP contribution in [0.1, 0.15) is 21.5 Å². The molecule has 0 N–H and O–H groups in total. The molecule has 1 fully saturated rings. The maximum absolute atomic E-state index is 13.3. The highest BCUT2D eigenvalue weighted by Crippen LogP contribution is 2.37. The van der Waals surface area contributed by atoms with Crippen LogP contribution in [0.5, 0.6) is 0 Å². The summed E-state index contributed by atoms with van der Waals surface area (Å²) in [4.78, 5) is 37.5. The fourth-order valence-corrected chi connectivity index (χ4v) is 5.24. The van der Waals surface area contributed by atoms with Gasteiger partial charge in [0, 0.05) is 42.8 Å². The van der Waals surface area contributed by atoms with Crippen LogP contribution in [0.3, 0.4) is 0 Å². The molecular formula is C26H26N4O2S. The van der Waals surface area contributed by atoms with Gasteiger partial charge in [0.15, 0.2) is 0 Å². The molecule has 3 aromatic rings. The first-order valence-corrected chi connectivity index (χ1v) is 12.2. The maximum atomic E-state index is 13.3. The molecule has 0 bridgehead atoms. The molecule has 0 unspecified atom stereocenters. The number of carbonyl (C=O) groups is 2.